The lowest BCUT2D eigenvalue weighted by molar-refractivity contribution is -0.143. The van der Waals surface area contributed by atoms with Gasteiger partial charge in [0.15, 0.2) is 0 Å². The number of Topliss-reactive ketones (excluding diaryl/α,β-unsaturated/α-hetero) is 1. The molecule has 0 spiro atoms. The molecule has 19 nitrogen and oxygen atoms in total. The van der Waals surface area contributed by atoms with Crippen LogP contribution in [0.25, 0.3) is 0 Å². The van der Waals surface area contributed by atoms with Crippen LogP contribution < -0.4 is 21.3 Å². The Labute approximate surface area is 366 Å². The topological polar surface area (TPSA) is 282 Å². The van der Waals surface area contributed by atoms with Crippen molar-refractivity contribution in [2.75, 3.05) is 65.9 Å². The zero-order chi connectivity index (χ0) is 46.1. The highest BCUT2D eigenvalue weighted by molar-refractivity contribution is 5.85. The number of unbranched alkanes of at least 4 members (excludes halogenated alkanes) is 15. The molecule has 0 aliphatic heterocycles. The fraction of sp³-hybridized carbons (Fsp3) is 0.814. The number of hydrogen-bond donors (Lipinski definition) is 7. The zero-order valence-corrected chi connectivity index (χ0v) is 37.0. The molecule has 0 saturated heterocycles. The molecule has 1 unspecified atom stereocenters. The predicted molar refractivity (Wildman–Crippen MR) is 228 cm³/mol. The van der Waals surface area contributed by atoms with Crippen LogP contribution in [0.5, 0.6) is 0 Å². The van der Waals surface area contributed by atoms with Gasteiger partial charge in [0.1, 0.15) is 31.1 Å². The molecule has 19 heteroatoms. The van der Waals surface area contributed by atoms with E-state index >= 15 is 0 Å². The van der Waals surface area contributed by atoms with E-state index in [1.165, 1.54) is 64.7 Å². The zero-order valence-electron chi connectivity index (χ0n) is 37.0. The van der Waals surface area contributed by atoms with Gasteiger partial charge in [-0.25, -0.2) is 9.59 Å². The number of carbonyl (C=O) groups is 8. The molecule has 0 bridgehead atoms. The number of ether oxygens (including phenoxy) is 4. The summed E-state index contributed by atoms with van der Waals surface area (Å²) in [5, 5.41) is 37.4. The number of hydrogen-bond acceptors (Lipinski definition) is 12. The first-order valence-corrected chi connectivity index (χ1v) is 22.4. The summed E-state index contributed by atoms with van der Waals surface area (Å²) in [4.78, 5) is 92.7. The van der Waals surface area contributed by atoms with Crippen LogP contribution >= 0.6 is 0 Å². The van der Waals surface area contributed by atoms with Gasteiger partial charge in [-0.3, -0.25) is 24.0 Å². The minimum atomic E-state index is -1.24. The number of nitrogens with one attached hydrogen (secondary N) is 4. The molecule has 7 N–H and O–H groups in total. The van der Waals surface area contributed by atoms with E-state index in [0.717, 1.165) is 38.5 Å². The number of amides is 4. The van der Waals surface area contributed by atoms with Gasteiger partial charge < -0.3 is 60.3 Å². The molecule has 0 heterocycles. The third-order valence-electron chi connectivity index (χ3n) is 9.60. The van der Waals surface area contributed by atoms with Gasteiger partial charge in [0.05, 0.1) is 39.6 Å². The predicted octanol–water partition coefficient (Wildman–Crippen LogP) is 3.68. The van der Waals surface area contributed by atoms with Gasteiger partial charge >= 0.3 is 17.9 Å². The molecule has 0 aliphatic carbocycles. The lowest BCUT2D eigenvalue weighted by Crippen LogP contribution is -2.42. The highest BCUT2D eigenvalue weighted by atomic mass is 16.5. The smallest absolute Gasteiger partial charge is 0.326 e. The molecule has 0 saturated carbocycles. The van der Waals surface area contributed by atoms with Crippen LogP contribution in [0.15, 0.2) is 0 Å². The Hall–Kier alpha value is -4.20. The maximum Gasteiger partial charge on any atom is 0.326 e. The van der Waals surface area contributed by atoms with E-state index in [2.05, 4.69) is 21.3 Å². The van der Waals surface area contributed by atoms with E-state index in [1.54, 1.807) is 0 Å². The van der Waals surface area contributed by atoms with Crippen molar-refractivity contribution in [3.8, 4) is 0 Å². The third kappa shape index (κ3) is 39.9. The van der Waals surface area contributed by atoms with Gasteiger partial charge in [-0.1, -0.05) is 89.9 Å². The molecule has 358 valence electrons. The molecular formula is C43H76N4O15. The van der Waals surface area contributed by atoms with Gasteiger partial charge in [0.2, 0.25) is 23.6 Å². The lowest BCUT2D eigenvalue weighted by Gasteiger charge is -2.14. The summed E-state index contributed by atoms with van der Waals surface area (Å²) in [7, 11) is 0. The van der Waals surface area contributed by atoms with E-state index < -0.39 is 35.9 Å². The molecule has 0 radical (unpaired) electrons. The molecule has 0 rings (SSSR count). The maximum atomic E-state index is 12.3. The number of ketones is 1. The van der Waals surface area contributed by atoms with Crippen molar-refractivity contribution in [3.63, 3.8) is 0 Å². The SMILES string of the molecule is CC(=O)CC[C@H](NC(=O)COCCOCCNC(=O)COCCOCCNC(=O)CCC(NC(=O)CCCCCCCCCCCCCCCCCCC(=O)O)C(=O)O)C(=O)O. The highest BCUT2D eigenvalue weighted by Crippen LogP contribution is 2.14. The Morgan fingerprint density at radius 3 is 1.21 bits per heavy atom. The average Bonchev–Trinajstić information content (AvgIpc) is 3.21. The minimum Gasteiger partial charge on any atom is -0.481 e. The molecule has 0 aliphatic rings. The summed E-state index contributed by atoms with van der Waals surface area (Å²) >= 11 is 0. The number of carbonyl (C=O) groups excluding carboxylic acids is 5. The monoisotopic (exact) mass is 889 g/mol. The van der Waals surface area contributed by atoms with Crippen LogP contribution in [0.4, 0.5) is 0 Å². The van der Waals surface area contributed by atoms with Crippen molar-refractivity contribution in [3.05, 3.63) is 0 Å². The molecule has 62 heavy (non-hydrogen) atoms. The second kappa shape index (κ2) is 40.8. The second-order valence-corrected chi connectivity index (χ2v) is 15.3. The minimum absolute atomic E-state index is 0.00823. The fourth-order valence-electron chi connectivity index (χ4n) is 6.11. The number of rotatable bonds is 45. The van der Waals surface area contributed by atoms with Crippen molar-refractivity contribution >= 4 is 47.3 Å². The Morgan fingerprint density at radius 1 is 0.403 bits per heavy atom. The quantitative estimate of drug-likeness (QED) is 0.0430. The van der Waals surface area contributed by atoms with Crippen LogP contribution in [0.1, 0.15) is 148 Å². The summed E-state index contributed by atoms with van der Waals surface area (Å²) < 4.78 is 21.1. The first kappa shape index (κ1) is 57.8. The summed E-state index contributed by atoms with van der Waals surface area (Å²) in [5.41, 5.74) is 0. The average molecular weight is 889 g/mol. The van der Waals surface area contributed by atoms with E-state index in [-0.39, 0.29) is 128 Å². The van der Waals surface area contributed by atoms with Crippen LogP contribution in [0, 0.1) is 0 Å². The molecular weight excluding hydrogens is 812 g/mol. The molecule has 4 amide bonds. The van der Waals surface area contributed by atoms with Crippen molar-refractivity contribution < 1.29 is 72.6 Å². The Morgan fingerprint density at radius 2 is 0.774 bits per heavy atom. The van der Waals surface area contributed by atoms with E-state index in [1.807, 2.05) is 0 Å². The van der Waals surface area contributed by atoms with Gasteiger partial charge in [0, 0.05) is 38.8 Å². The van der Waals surface area contributed by atoms with Crippen molar-refractivity contribution in [1.82, 2.24) is 21.3 Å². The maximum absolute atomic E-state index is 12.3. The summed E-state index contributed by atoms with van der Waals surface area (Å²) in [6, 6.07) is -2.33. The fourth-order valence-corrected chi connectivity index (χ4v) is 6.11. The first-order valence-electron chi connectivity index (χ1n) is 22.4. The van der Waals surface area contributed by atoms with Crippen LogP contribution in [0.2, 0.25) is 0 Å². The molecule has 0 fully saturated rings. The lowest BCUT2D eigenvalue weighted by atomic mass is 10.0. The van der Waals surface area contributed by atoms with Crippen LogP contribution in [0.3, 0.4) is 0 Å². The summed E-state index contributed by atoms with van der Waals surface area (Å²) in [6.45, 7) is 2.04. The normalized spacial score (nSPS) is 12.0. The summed E-state index contributed by atoms with van der Waals surface area (Å²) in [6.07, 6.45) is 18.2. The largest absolute Gasteiger partial charge is 0.481 e. The molecule has 0 aromatic heterocycles. The van der Waals surface area contributed by atoms with Crippen molar-refractivity contribution in [2.24, 2.45) is 0 Å². The van der Waals surface area contributed by atoms with Crippen molar-refractivity contribution in [1.29, 1.82) is 0 Å². The van der Waals surface area contributed by atoms with E-state index in [9.17, 15) is 43.5 Å². The molecule has 0 aromatic rings. The standard InChI is InChI=1S/C43H76N4O15/c1-34(48)20-21-35(42(55)56)47-40(52)33-62-31-29-60-27-25-45-39(51)32-61-30-28-59-26-24-44-37(49)23-22-36(43(57)58)46-38(50)18-16-14-12-10-8-6-4-2-3-5-7-9-11-13-15-17-19-41(53)54/h35-36H,2-33H2,1H3,(H,44,49)(H,45,51)(H,46,50)(H,47,52)(H,53,54)(H,55,56)(H,57,58)/t35-,36?/m0/s1. The van der Waals surface area contributed by atoms with E-state index in [0.29, 0.717) is 6.42 Å². The molecule has 0 aromatic carbocycles. The van der Waals surface area contributed by atoms with Gasteiger partial charge in [-0.05, 0) is 32.6 Å². The summed E-state index contributed by atoms with van der Waals surface area (Å²) in [5.74, 6) is -5.01. The van der Waals surface area contributed by atoms with Gasteiger partial charge in [0.25, 0.3) is 0 Å². The molecule has 2 atom stereocenters. The number of carboxylic acids is 3. The number of aliphatic carboxylic acids is 3. The Balaban J connectivity index is 3.70. The Bertz CT molecular complexity index is 1270. The number of carboxylic acid groups (broad SMARTS) is 3. The van der Waals surface area contributed by atoms with Crippen molar-refractivity contribution in [2.45, 2.75) is 160 Å². The second-order valence-electron chi connectivity index (χ2n) is 15.3. The van der Waals surface area contributed by atoms with Crippen LogP contribution in [-0.4, -0.2) is 141 Å². The van der Waals surface area contributed by atoms with Crippen LogP contribution in [-0.2, 0) is 57.3 Å². The Kier molecular flexibility index (Phi) is 38.1. The van der Waals surface area contributed by atoms with Gasteiger partial charge in [-0.15, -0.1) is 0 Å². The van der Waals surface area contributed by atoms with E-state index in [4.69, 9.17) is 29.2 Å². The first-order chi connectivity index (χ1) is 29.8. The highest BCUT2D eigenvalue weighted by Gasteiger charge is 2.21. The van der Waals surface area contributed by atoms with Gasteiger partial charge in [-0.2, -0.15) is 0 Å². The third-order valence-corrected chi connectivity index (χ3v) is 9.60.